The second kappa shape index (κ2) is 5.82. The highest BCUT2D eigenvalue weighted by molar-refractivity contribution is 5.48. The van der Waals surface area contributed by atoms with Crippen LogP contribution in [0.2, 0.25) is 0 Å². The van der Waals surface area contributed by atoms with E-state index in [0.29, 0.717) is 25.1 Å². The first-order valence-electron chi connectivity index (χ1n) is 6.62. The summed E-state index contributed by atoms with van der Waals surface area (Å²) in [6.45, 7) is 6.26. The van der Waals surface area contributed by atoms with Gasteiger partial charge >= 0.3 is 0 Å². The highest BCUT2D eigenvalue weighted by Crippen LogP contribution is 2.24. The Hall–Kier alpha value is -1.23. The Kier molecular flexibility index (Phi) is 4.34. The van der Waals surface area contributed by atoms with Gasteiger partial charge in [0.1, 0.15) is 5.82 Å². The lowest BCUT2D eigenvalue weighted by Crippen LogP contribution is -2.41. The van der Waals surface area contributed by atoms with E-state index in [0.717, 1.165) is 19.0 Å². The molecule has 0 saturated carbocycles. The summed E-state index contributed by atoms with van der Waals surface area (Å²) in [4.78, 5) is 1.79. The average molecular weight is 272 g/mol. The third-order valence-corrected chi connectivity index (χ3v) is 3.56. The zero-order valence-electron chi connectivity index (χ0n) is 11.2. The third-order valence-electron chi connectivity index (χ3n) is 3.56. The van der Waals surface area contributed by atoms with Crippen molar-refractivity contribution in [2.75, 3.05) is 24.5 Å². The van der Waals surface area contributed by atoms with Crippen LogP contribution in [-0.2, 0) is 0 Å². The van der Waals surface area contributed by atoms with Crippen molar-refractivity contribution >= 4 is 5.69 Å². The van der Waals surface area contributed by atoms with Gasteiger partial charge in [-0.05, 0) is 18.9 Å². The van der Waals surface area contributed by atoms with Crippen molar-refractivity contribution in [2.45, 2.75) is 26.3 Å². The van der Waals surface area contributed by atoms with Crippen molar-refractivity contribution in [1.82, 2.24) is 5.32 Å². The molecule has 0 aliphatic carbocycles. The summed E-state index contributed by atoms with van der Waals surface area (Å²) < 4.78 is 40.1. The molecule has 0 spiro atoms. The molecule has 1 heterocycles. The minimum atomic E-state index is -1.14. The SMILES string of the molecule is CC(C)C1CN(c2cc(F)c(F)cc2F)CCCN1. The van der Waals surface area contributed by atoms with Gasteiger partial charge in [-0.3, -0.25) is 0 Å². The van der Waals surface area contributed by atoms with Gasteiger partial charge in [-0.1, -0.05) is 13.8 Å². The van der Waals surface area contributed by atoms with Crippen molar-refractivity contribution in [2.24, 2.45) is 5.92 Å². The molecule has 1 saturated heterocycles. The Labute approximate surface area is 111 Å². The van der Waals surface area contributed by atoms with Crippen molar-refractivity contribution < 1.29 is 13.2 Å². The van der Waals surface area contributed by atoms with Gasteiger partial charge in [-0.25, -0.2) is 13.2 Å². The summed E-state index contributed by atoms with van der Waals surface area (Å²) in [5.41, 5.74) is 0.147. The molecular formula is C14H19F3N2. The minimum Gasteiger partial charge on any atom is -0.367 e. The highest BCUT2D eigenvalue weighted by atomic mass is 19.2. The van der Waals surface area contributed by atoms with Gasteiger partial charge in [0, 0.05) is 31.3 Å². The van der Waals surface area contributed by atoms with Crippen LogP contribution in [0, 0.1) is 23.4 Å². The van der Waals surface area contributed by atoms with E-state index >= 15 is 0 Å². The molecule has 1 unspecified atom stereocenters. The molecule has 5 heteroatoms. The smallest absolute Gasteiger partial charge is 0.161 e. The van der Waals surface area contributed by atoms with Crippen molar-refractivity contribution in [3.8, 4) is 0 Å². The molecule has 0 aromatic heterocycles. The molecule has 0 radical (unpaired) electrons. The molecule has 106 valence electrons. The molecule has 1 aromatic carbocycles. The summed E-state index contributed by atoms with van der Waals surface area (Å²) in [5, 5.41) is 3.39. The first-order chi connectivity index (χ1) is 8.99. The van der Waals surface area contributed by atoms with Gasteiger partial charge in [0.2, 0.25) is 0 Å². The predicted molar refractivity (Wildman–Crippen MR) is 69.8 cm³/mol. The van der Waals surface area contributed by atoms with E-state index in [1.165, 1.54) is 0 Å². The fourth-order valence-corrected chi connectivity index (χ4v) is 2.37. The topological polar surface area (TPSA) is 15.3 Å². The van der Waals surface area contributed by atoms with Crippen molar-refractivity contribution in [3.63, 3.8) is 0 Å². The first-order valence-corrected chi connectivity index (χ1v) is 6.62. The van der Waals surface area contributed by atoms with Crippen LogP contribution in [-0.4, -0.2) is 25.7 Å². The minimum absolute atomic E-state index is 0.147. The zero-order valence-corrected chi connectivity index (χ0v) is 11.2. The Morgan fingerprint density at radius 2 is 1.84 bits per heavy atom. The second-order valence-corrected chi connectivity index (χ2v) is 5.32. The predicted octanol–water partition coefficient (Wildman–Crippen LogP) is 2.93. The van der Waals surface area contributed by atoms with Gasteiger partial charge in [0.25, 0.3) is 0 Å². The van der Waals surface area contributed by atoms with Gasteiger partial charge in [0.05, 0.1) is 5.69 Å². The van der Waals surface area contributed by atoms with Crippen molar-refractivity contribution in [3.05, 3.63) is 29.6 Å². The van der Waals surface area contributed by atoms with E-state index in [1.807, 2.05) is 0 Å². The fourth-order valence-electron chi connectivity index (χ4n) is 2.37. The van der Waals surface area contributed by atoms with Gasteiger partial charge in [0.15, 0.2) is 11.6 Å². The van der Waals surface area contributed by atoms with Crippen LogP contribution in [0.15, 0.2) is 12.1 Å². The fraction of sp³-hybridized carbons (Fsp3) is 0.571. The second-order valence-electron chi connectivity index (χ2n) is 5.32. The average Bonchev–Trinajstić information content (AvgIpc) is 2.59. The number of hydrogen-bond acceptors (Lipinski definition) is 2. The normalized spacial score (nSPS) is 20.7. The van der Waals surface area contributed by atoms with Crippen LogP contribution in [0.4, 0.5) is 18.9 Å². The Morgan fingerprint density at radius 3 is 2.53 bits per heavy atom. The van der Waals surface area contributed by atoms with Crippen LogP contribution < -0.4 is 10.2 Å². The Balaban J connectivity index is 2.26. The summed E-state index contributed by atoms with van der Waals surface area (Å²) in [5.74, 6) is -2.46. The maximum absolute atomic E-state index is 13.8. The molecule has 1 aromatic rings. The molecule has 1 fully saturated rings. The molecule has 19 heavy (non-hydrogen) atoms. The number of hydrogen-bond donors (Lipinski definition) is 1. The lowest BCUT2D eigenvalue weighted by Gasteiger charge is -2.28. The monoisotopic (exact) mass is 272 g/mol. The molecule has 2 rings (SSSR count). The number of rotatable bonds is 2. The number of halogens is 3. The van der Waals surface area contributed by atoms with E-state index in [9.17, 15) is 13.2 Å². The molecule has 0 amide bonds. The molecule has 1 aliphatic rings. The highest BCUT2D eigenvalue weighted by Gasteiger charge is 2.23. The number of anilines is 1. The van der Waals surface area contributed by atoms with Crippen LogP contribution in [0.3, 0.4) is 0 Å². The summed E-state index contributed by atoms with van der Waals surface area (Å²) in [6, 6.07) is 1.79. The summed E-state index contributed by atoms with van der Waals surface area (Å²) in [6.07, 6.45) is 0.849. The Bertz CT molecular complexity index is 449. The van der Waals surface area contributed by atoms with E-state index in [4.69, 9.17) is 0 Å². The van der Waals surface area contributed by atoms with Crippen LogP contribution in [0.1, 0.15) is 20.3 Å². The maximum Gasteiger partial charge on any atom is 0.161 e. The maximum atomic E-state index is 13.8. The molecule has 0 bridgehead atoms. The Morgan fingerprint density at radius 1 is 1.16 bits per heavy atom. The standard InChI is InChI=1S/C14H19F3N2/c1-9(2)13-8-19(5-3-4-18-13)14-7-11(16)10(15)6-12(14)17/h6-7,9,13,18H,3-5,8H2,1-2H3. The van der Waals surface area contributed by atoms with Crippen LogP contribution >= 0.6 is 0 Å². The molecule has 1 N–H and O–H groups in total. The molecule has 2 nitrogen and oxygen atoms in total. The number of nitrogens with zero attached hydrogens (tertiary/aromatic N) is 1. The van der Waals surface area contributed by atoms with E-state index in [1.54, 1.807) is 4.90 Å². The largest absolute Gasteiger partial charge is 0.367 e. The van der Waals surface area contributed by atoms with Gasteiger partial charge in [-0.2, -0.15) is 0 Å². The first kappa shape index (κ1) is 14.2. The third kappa shape index (κ3) is 3.21. The van der Waals surface area contributed by atoms with Crippen LogP contribution in [0.25, 0.3) is 0 Å². The van der Waals surface area contributed by atoms with Gasteiger partial charge < -0.3 is 10.2 Å². The number of nitrogens with one attached hydrogen (secondary N) is 1. The summed E-state index contributed by atoms with van der Waals surface area (Å²) in [7, 11) is 0. The zero-order chi connectivity index (χ0) is 14.0. The van der Waals surface area contributed by atoms with Crippen molar-refractivity contribution in [1.29, 1.82) is 0 Å². The molecule has 1 atom stereocenters. The lowest BCUT2D eigenvalue weighted by atomic mass is 10.0. The molecule has 1 aliphatic heterocycles. The van der Waals surface area contributed by atoms with E-state index < -0.39 is 17.5 Å². The van der Waals surface area contributed by atoms with Gasteiger partial charge in [-0.15, -0.1) is 0 Å². The molecular weight excluding hydrogens is 253 g/mol. The van der Waals surface area contributed by atoms with E-state index in [-0.39, 0.29) is 11.7 Å². The summed E-state index contributed by atoms with van der Waals surface area (Å²) >= 11 is 0. The quantitative estimate of drug-likeness (QED) is 0.833. The van der Waals surface area contributed by atoms with Crippen LogP contribution in [0.5, 0.6) is 0 Å². The number of benzene rings is 1. The lowest BCUT2D eigenvalue weighted by molar-refractivity contribution is 0.418. The van der Waals surface area contributed by atoms with E-state index in [2.05, 4.69) is 19.2 Å².